The number of rotatable bonds is 1. The molecular formula is C7H10I-. The van der Waals surface area contributed by atoms with Crippen molar-refractivity contribution in [3.63, 3.8) is 0 Å². The number of alkyl halides is 1. The Hall–Kier alpha value is 0.210. The molecule has 8 heavy (non-hydrogen) atoms. The molecule has 46 valence electrons. The summed E-state index contributed by atoms with van der Waals surface area (Å²) < 4.78 is 1.61. The molecule has 0 aliphatic heterocycles. The molecule has 1 aliphatic rings. The van der Waals surface area contributed by atoms with E-state index in [1.807, 2.05) is 0 Å². The van der Waals surface area contributed by atoms with Gasteiger partial charge in [-0.25, -0.2) is 0 Å². The van der Waals surface area contributed by atoms with E-state index in [1.165, 1.54) is 12.8 Å². The summed E-state index contributed by atoms with van der Waals surface area (Å²) in [7, 11) is 0. The first-order valence-corrected chi connectivity index (χ1v) is 6.03. The van der Waals surface area contributed by atoms with Gasteiger partial charge in [0.2, 0.25) is 0 Å². The second-order valence-electron chi connectivity index (χ2n) is 1.76. The van der Waals surface area contributed by atoms with Crippen LogP contribution in [0.15, 0.2) is 21.8 Å². The third-order valence-corrected chi connectivity index (χ3v) is 3.21. The van der Waals surface area contributed by atoms with Crippen LogP contribution in [0.3, 0.4) is 0 Å². The monoisotopic (exact) mass is 221 g/mol. The Morgan fingerprint density at radius 2 is 2.38 bits per heavy atom. The zero-order chi connectivity index (χ0) is 5.82. The van der Waals surface area contributed by atoms with E-state index in [0.717, 1.165) is 0 Å². The molecule has 0 atom stereocenters. The molecule has 0 nitrogen and oxygen atoms in total. The van der Waals surface area contributed by atoms with Gasteiger partial charge in [0.25, 0.3) is 0 Å². The summed E-state index contributed by atoms with van der Waals surface area (Å²) in [4.78, 5) is 2.31. The molecule has 0 unspecified atom stereocenters. The Balaban J connectivity index is 2.51. The van der Waals surface area contributed by atoms with Gasteiger partial charge in [-0.15, -0.1) is 0 Å². The van der Waals surface area contributed by atoms with Gasteiger partial charge in [-0.3, -0.25) is 0 Å². The second kappa shape index (κ2) is 3.28. The molecule has 0 fully saturated rings. The standard InChI is InChI=1S/C7H10I/c1-8-7-5-3-2-4-6-7/h3,5-6H,2,4H2,1H3/q-1. The molecule has 0 bridgehead atoms. The molecule has 0 saturated carbocycles. The predicted molar refractivity (Wildman–Crippen MR) is 32.4 cm³/mol. The van der Waals surface area contributed by atoms with Gasteiger partial charge in [-0.05, 0) is 0 Å². The SMILES string of the molecule is C[I-]C1=CCCC=C1. The van der Waals surface area contributed by atoms with Gasteiger partial charge in [0.1, 0.15) is 0 Å². The predicted octanol–water partition coefficient (Wildman–Crippen LogP) is -1.06. The van der Waals surface area contributed by atoms with E-state index in [2.05, 4.69) is 23.2 Å². The van der Waals surface area contributed by atoms with Crippen LogP contribution < -0.4 is 21.2 Å². The first kappa shape index (κ1) is 6.33. The van der Waals surface area contributed by atoms with Crippen LogP contribution in [0.2, 0.25) is 0 Å². The van der Waals surface area contributed by atoms with Crippen LogP contribution in [0.5, 0.6) is 0 Å². The van der Waals surface area contributed by atoms with E-state index in [0.29, 0.717) is 21.2 Å². The van der Waals surface area contributed by atoms with Crippen LogP contribution >= 0.6 is 0 Å². The fourth-order valence-corrected chi connectivity index (χ4v) is 2.09. The Labute approximate surface area is 60.9 Å². The Morgan fingerprint density at radius 1 is 1.50 bits per heavy atom. The summed E-state index contributed by atoms with van der Waals surface area (Å²) in [6, 6.07) is 0. The third-order valence-electron chi connectivity index (χ3n) is 1.17. The van der Waals surface area contributed by atoms with Crippen molar-refractivity contribution in [1.29, 1.82) is 0 Å². The van der Waals surface area contributed by atoms with Crippen LogP contribution in [0, 0.1) is 0 Å². The molecule has 1 rings (SSSR count). The third kappa shape index (κ3) is 1.62. The van der Waals surface area contributed by atoms with Crippen molar-refractivity contribution in [3.8, 4) is 0 Å². The Kier molecular flexibility index (Phi) is 2.59. The van der Waals surface area contributed by atoms with Crippen LogP contribution in [0.1, 0.15) is 12.8 Å². The van der Waals surface area contributed by atoms with Gasteiger partial charge in [-0.2, -0.15) is 0 Å². The van der Waals surface area contributed by atoms with Crippen molar-refractivity contribution < 1.29 is 21.2 Å². The zero-order valence-electron chi connectivity index (χ0n) is 5.02. The number of allylic oxidation sites excluding steroid dienone is 4. The number of hydrogen-bond donors (Lipinski definition) is 0. The summed E-state index contributed by atoms with van der Waals surface area (Å²) in [5.74, 6) is 0. The van der Waals surface area contributed by atoms with Gasteiger partial charge in [0.15, 0.2) is 0 Å². The van der Waals surface area contributed by atoms with E-state index >= 15 is 0 Å². The van der Waals surface area contributed by atoms with Crippen LogP contribution in [-0.2, 0) is 0 Å². The molecule has 0 heterocycles. The van der Waals surface area contributed by atoms with Gasteiger partial charge in [0, 0.05) is 0 Å². The summed E-state index contributed by atoms with van der Waals surface area (Å²) >= 11 is 0.361. The molecule has 0 aromatic rings. The fourth-order valence-electron chi connectivity index (χ4n) is 0.722. The van der Waals surface area contributed by atoms with Gasteiger partial charge >= 0.3 is 60.8 Å². The van der Waals surface area contributed by atoms with Crippen molar-refractivity contribution in [2.24, 2.45) is 0 Å². The van der Waals surface area contributed by atoms with E-state index in [4.69, 9.17) is 0 Å². The number of halogens is 1. The molecular weight excluding hydrogens is 211 g/mol. The molecule has 0 saturated heterocycles. The summed E-state index contributed by atoms with van der Waals surface area (Å²) in [6.45, 7) is 0. The molecule has 0 aromatic heterocycles. The Morgan fingerprint density at radius 3 is 2.75 bits per heavy atom. The van der Waals surface area contributed by atoms with Gasteiger partial charge in [-0.1, -0.05) is 0 Å². The van der Waals surface area contributed by atoms with E-state index in [-0.39, 0.29) is 0 Å². The van der Waals surface area contributed by atoms with Crippen molar-refractivity contribution in [2.75, 3.05) is 4.93 Å². The minimum atomic E-state index is 0.361. The fraction of sp³-hybridized carbons (Fsp3) is 0.429. The van der Waals surface area contributed by atoms with E-state index < -0.39 is 0 Å². The minimum absolute atomic E-state index is 0.361. The average Bonchev–Trinajstić information content (AvgIpc) is 1.90. The van der Waals surface area contributed by atoms with Gasteiger partial charge in [0.05, 0.1) is 0 Å². The molecule has 0 N–H and O–H groups in total. The first-order valence-electron chi connectivity index (χ1n) is 2.79. The summed E-state index contributed by atoms with van der Waals surface area (Å²) in [5, 5.41) is 0. The van der Waals surface area contributed by atoms with E-state index in [9.17, 15) is 0 Å². The summed E-state index contributed by atoms with van der Waals surface area (Å²) in [5.41, 5.74) is 0. The van der Waals surface area contributed by atoms with Crippen molar-refractivity contribution in [3.05, 3.63) is 21.8 Å². The van der Waals surface area contributed by atoms with Crippen molar-refractivity contribution in [1.82, 2.24) is 0 Å². The second-order valence-corrected chi connectivity index (χ2v) is 4.08. The van der Waals surface area contributed by atoms with Crippen LogP contribution in [0.4, 0.5) is 0 Å². The van der Waals surface area contributed by atoms with Crippen LogP contribution in [-0.4, -0.2) is 4.93 Å². The number of hydrogen-bond acceptors (Lipinski definition) is 0. The Bertz CT molecular complexity index is 122. The molecule has 0 amide bonds. The summed E-state index contributed by atoms with van der Waals surface area (Å²) in [6.07, 6.45) is 9.45. The molecule has 1 heteroatoms. The maximum absolute atomic E-state index is 2.37. The topological polar surface area (TPSA) is 0 Å². The van der Waals surface area contributed by atoms with Crippen molar-refractivity contribution in [2.45, 2.75) is 12.8 Å². The zero-order valence-corrected chi connectivity index (χ0v) is 7.18. The molecule has 0 spiro atoms. The quantitative estimate of drug-likeness (QED) is 0.391. The van der Waals surface area contributed by atoms with Crippen molar-refractivity contribution >= 4 is 0 Å². The maximum atomic E-state index is 2.37. The molecule has 0 radical (unpaired) electrons. The normalized spacial score (nSPS) is 18.9. The van der Waals surface area contributed by atoms with E-state index in [1.54, 1.807) is 3.58 Å². The molecule has 1 aliphatic carbocycles. The van der Waals surface area contributed by atoms with Gasteiger partial charge < -0.3 is 0 Å². The average molecular weight is 221 g/mol. The van der Waals surface area contributed by atoms with Crippen LogP contribution in [0.25, 0.3) is 0 Å². The molecule has 0 aromatic carbocycles. The first-order chi connectivity index (χ1) is 3.93.